The van der Waals surface area contributed by atoms with E-state index in [0.29, 0.717) is 16.5 Å². The molecule has 7 heteroatoms. The van der Waals surface area contributed by atoms with Crippen molar-refractivity contribution in [2.75, 3.05) is 11.1 Å². The SMILES string of the molecule is CCSc1ccccc1C(=O)Nc1nnc(-c2ccc(Cl)cc2)o1. The van der Waals surface area contributed by atoms with Gasteiger partial charge in [-0.25, -0.2) is 0 Å². The number of carbonyl (C=O) groups excluding carboxylic acids is 1. The van der Waals surface area contributed by atoms with Crippen LogP contribution in [0.25, 0.3) is 11.5 Å². The summed E-state index contributed by atoms with van der Waals surface area (Å²) in [4.78, 5) is 13.3. The van der Waals surface area contributed by atoms with Crippen LogP contribution in [0.5, 0.6) is 0 Å². The number of hydrogen-bond acceptors (Lipinski definition) is 5. The van der Waals surface area contributed by atoms with Crippen molar-refractivity contribution in [1.29, 1.82) is 0 Å². The highest BCUT2D eigenvalue weighted by Crippen LogP contribution is 2.24. The summed E-state index contributed by atoms with van der Waals surface area (Å²) in [6, 6.07) is 14.5. The van der Waals surface area contributed by atoms with Gasteiger partial charge < -0.3 is 4.42 Å². The van der Waals surface area contributed by atoms with E-state index in [1.54, 1.807) is 42.1 Å². The second kappa shape index (κ2) is 7.51. The van der Waals surface area contributed by atoms with Crippen LogP contribution < -0.4 is 5.32 Å². The van der Waals surface area contributed by atoms with Crippen molar-refractivity contribution >= 4 is 35.3 Å². The van der Waals surface area contributed by atoms with E-state index in [4.69, 9.17) is 16.0 Å². The van der Waals surface area contributed by atoms with Gasteiger partial charge in [0.1, 0.15) is 0 Å². The monoisotopic (exact) mass is 359 g/mol. The maximum absolute atomic E-state index is 12.4. The lowest BCUT2D eigenvalue weighted by Gasteiger charge is -2.06. The first-order valence-electron chi connectivity index (χ1n) is 7.30. The zero-order chi connectivity index (χ0) is 16.9. The summed E-state index contributed by atoms with van der Waals surface area (Å²) >= 11 is 7.46. The van der Waals surface area contributed by atoms with Crippen LogP contribution in [-0.4, -0.2) is 21.9 Å². The minimum absolute atomic E-state index is 0.0567. The van der Waals surface area contributed by atoms with Crippen LogP contribution in [0.2, 0.25) is 5.02 Å². The summed E-state index contributed by atoms with van der Waals surface area (Å²) in [6.45, 7) is 2.04. The molecule has 0 unspecified atom stereocenters. The van der Waals surface area contributed by atoms with E-state index in [1.807, 2.05) is 25.1 Å². The second-order valence-electron chi connectivity index (χ2n) is 4.80. The Hall–Kier alpha value is -2.31. The number of thioether (sulfide) groups is 1. The summed E-state index contributed by atoms with van der Waals surface area (Å²) in [5, 5.41) is 11.1. The van der Waals surface area contributed by atoms with Crippen LogP contribution in [0.15, 0.2) is 57.8 Å². The Morgan fingerprint density at radius 2 is 1.92 bits per heavy atom. The minimum atomic E-state index is -0.280. The number of nitrogens with zero attached hydrogens (tertiary/aromatic N) is 2. The predicted molar refractivity (Wildman–Crippen MR) is 95.5 cm³/mol. The third-order valence-electron chi connectivity index (χ3n) is 3.17. The molecular formula is C17H14ClN3O2S. The molecule has 1 N–H and O–H groups in total. The zero-order valence-electron chi connectivity index (χ0n) is 12.8. The Morgan fingerprint density at radius 3 is 2.67 bits per heavy atom. The zero-order valence-corrected chi connectivity index (χ0v) is 14.4. The molecule has 1 aromatic heterocycles. The topological polar surface area (TPSA) is 68.0 Å². The Bertz CT molecular complexity index is 849. The smallest absolute Gasteiger partial charge is 0.322 e. The van der Waals surface area contributed by atoms with E-state index in [1.165, 1.54) is 0 Å². The quantitative estimate of drug-likeness (QED) is 0.665. The number of carbonyl (C=O) groups is 1. The van der Waals surface area contributed by atoms with Gasteiger partial charge in [-0.05, 0) is 42.2 Å². The molecule has 0 radical (unpaired) electrons. The van der Waals surface area contributed by atoms with Crippen LogP contribution >= 0.6 is 23.4 Å². The molecule has 1 amide bonds. The number of amides is 1. The minimum Gasteiger partial charge on any atom is -0.403 e. The van der Waals surface area contributed by atoms with E-state index in [9.17, 15) is 4.79 Å². The van der Waals surface area contributed by atoms with Gasteiger partial charge in [0, 0.05) is 15.5 Å². The van der Waals surface area contributed by atoms with Gasteiger partial charge in [-0.15, -0.1) is 16.9 Å². The van der Waals surface area contributed by atoms with Crippen LogP contribution in [0.1, 0.15) is 17.3 Å². The Kier molecular flexibility index (Phi) is 5.17. The summed E-state index contributed by atoms with van der Waals surface area (Å²) < 4.78 is 5.50. The maximum Gasteiger partial charge on any atom is 0.322 e. The lowest BCUT2D eigenvalue weighted by atomic mass is 10.2. The highest BCUT2D eigenvalue weighted by molar-refractivity contribution is 7.99. The average Bonchev–Trinajstić information content (AvgIpc) is 3.05. The first-order chi connectivity index (χ1) is 11.7. The van der Waals surface area contributed by atoms with Crippen molar-refractivity contribution in [1.82, 2.24) is 10.2 Å². The van der Waals surface area contributed by atoms with Crippen molar-refractivity contribution < 1.29 is 9.21 Å². The first kappa shape index (κ1) is 16.5. The fraction of sp³-hybridized carbons (Fsp3) is 0.118. The predicted octanol–water partition coefficient (Wildman–Crippen LogP) is 4.75. The number of rotatable bonds is 5. The fourth-order valence-electron chi connectivity index (χ4n) is 2.08. The van der Waals surface area contributed by atoms with Crippen LogP contribution in [0.3, 0.4) is 0 Å². The molecule has 0 bridgehead atoms. The normalized spacial score (nSPS) is 10.6. The third kappa shape index (κ3) is 3.77. The molecule has 0 spiro atoms. The molecule has 0 aliphatic rings. The van der Waals surface area contributed by atoms with Crippen LogP contribution in [0, 0.1) is 0 Å². The average molecular weight is 360 g/mol. The summed E-state index contributed by atoms with van der Waals surface area (Å²) in [7, 11) is 0. The molecule has 3 aromatic rings. The van der Waals surface area contributed by atoms with Crippen molar-refractivity contribution in [3.63, 3.8) is 0 Å². The molecule has 0 aliphatic carbocycles. The number of anilines is 1. The Morgan fingerprint density at radius 1 is 1.17 bits per heavy atom. The lowest BCUT2D eigenvalue weighted by molar-refractivity contribution is 0.102. The molecule has 0 fully saturated rings. The molecule has 1 heterocycles. The van der Waals surface area contributed by atoms with Gasteiger partial charge >= 0.3 is 6.01 Å². The maximum atomic E-state index is 12.4. The third-order valence-corrected chi connectivity index (χ3v) is 4.38. The van der Waals surface area contributed by atoms with Gasteiger partial charge in [-0.2, -0.15) is 0 Å². The molecule has 24 heavy (non-hydrogen) atoms. The standard InChI is InChI=1S/C17H14ClN3O2S/c1-2-24-14-6-4-3-5-13(14)15(22)19-17-21-20-16(23-17)11-7-9-12(18)10-8-11/h3-10H,2H2,1H3,(H,19,21,22). The molecule has 122 valence electrons. The lowest BCUT2D eigenvalue weighted by Crippen LogP contribution is -2.13. The molecule has 2 aromatic carbocycles. The Balaban J connectivity index is 1.77. The summed E-state index contributed by atoms with van der Waals surface area (Å²) in [6.07, 6.45) is 0. The van der Waals surface area contributed by atoms with Gasteiger partial charge in [0.25, 0.3) is 5.91 Å². The highest BCUT2D eigenvalue weighted by Gasteiger charge is 2.15. The van der Waals surface area contributed by atoms with E-state index < -0.39 is 0 Å². The molecule has 0 saturated carbocycles. The summed E-state index contributed by atoms with van der Waals surface area (Å²) in [5.41, 5.74) is 1.31. The second-order valence-corrected chi connectivity index (χ2v) is 6.54. The number of halogens is 1. The number of nitrogens with one attached hydrogen (secondary N) is 1. The van der Waals surface area contributed by atoms with Crippen molar-refractivity contribution in [3.8, 4) is 11.5 Å². The van der Waals surface area contributed by atoms with Crippen LogP contribution in [-0.2, 0) is 0 Å². The molecule has 0 aliphatic heterocycles. The van der Waals surface area contributed by atoms with Gasteiger partial charge in [-0.3, -0.25) is 10.1 Å². The van der Waals surface area contributed by atoms with Crippen molar-refractivity contribution in [2.45, 2.75) is 11.8 Å². The number of aromatic nitrogens is 2. The molecular weight excluding hydrogens is 346 g/mol. The number of benzene rings is 2. The first-order valence-corrected chi connectivity index (χ1v) is 8.66. The molecule has 3 rings (SSSR count). The van der Waals surface area contributed by atoms with Crippen molar-refractivity contribution in [2.24, 2.45) is 0 Å². The van der Waals surface area contributed by atoms with E-state index in [-0.39, 0.29) is 11.9 Å². The fourth-order valence-corrected chi connectivity index (χ4v) is 3.01. The van der Waals surface area contributed by atoms with E-state index in [0.717, 1.165) is 16.2 Å². The molecule has 0 saturated heterocycles. The number of hydrogen-bond donors (Lipinski definition) is 1. The van der Waals surface area contributed by atoms with Gasteiger partial charge in [-0.1, -0.05) is 35.8 Å². The van der Waals surface area contributed by atoms with Crippen LogP contribution in [0.4, 0.5) is 6.01 Å². The summed E-state index contributed by atoms with van der Waals surface area (Å²) in [5.74, 6) is 0.919. The van der Waals surface area contributed by atoms with E-state index >= 15 is 0 Å². The molecule has 5 nitrogen and oxygen atoms in total. The van der Waals surface area contributed by atoms with Gasteiger partial charge in [0.05, 0.1) is 5.56 Å². The highest BCUT2D eigenvalue weighted by atomic mass is 35.5. The van der Waals surface area contributed by atoms with Gasteiger partial charge in [0.2, 0.25) is 5.89 Å². The van der Waals surface area contributed by atoms with Gasteiger partial charge in [0.15, 0.2) is 0 Å². The van der Waals surface area contributed by atoms with Crippen molar-refractivity contribution in [3.05, 3.63) is 59.1 Å². The van der Waals surface area contributed by atoms with E-state index in [2.05, 4.69) is 15.5 Å². The largest absolute Gasteiger partial charge is 0.403 e. The Labute approximate surface area is 148 Å². The molecule has 0 atom stereocenters.